The van der Waals surface area contributed by atoms with Crippen molar-refractivity contribution in [3.63, 3.8) is 0 Å². The molecular weight excluding hydrogens is 252 g/mol. The minimum atomic E-state index is -0.493. The van der Waals surface area contributed by atoms with Gasteiger partial charge in [0.1, 0.15) is 0 Å². The summed E-state index contributed by atoms with van der Waals surface area (Å²) in [5.74, 6) is 1.09. The van der Waals surface area contributed by atoms with Crippen LogP contribution in [-0.2, 0) is 4.79 Å². The SMILES string of the molecule is CC(C)[C@H](N)C(=O)Nc1cc(C2CCCCCC2)[nH]n1. The highest BCUT2D eigenvalue weighted by Gasteiger charge is 2.20. The molecular formula is C15H26N4O. The lowest BCUT2D eigenvalue weighted by Crippen LogP contribution is -2.39. The van der Waals surface area contributed by atoms with E-state index in [0.29, 0.717) is 11.7 Å². The molecule has 20 heavy (non-hydrogen) atoms. The molecule has 1 amide bonds. The minimum absolute atomic E-state index is 0.121. The van der Waals surface area contributed by atoms with Crippen LogP contribution in [0.3, 0.4) is 0 Å². The van der Waals surface area contributed by atoms with E-state index >= 15 is 0 Å². The molecule has 1 saturated carbocycles. The van der Waals surface area contributed by atoms with E-state index in [1.807, 2.05) is 19.9 Å². The first-order valence-corrected chi connectivity index (χ1v) is 7.69. The second-order valence-electron chi connectivity index (χ2n) is 6.16. The number of hydrogen-bond acceptors (Lipinski definition) is 3. The molecule has 1 aromatic rings. The number of hydrogen-bond donors (Lipinski definition) is 3. The van der Waals surface area contributed by atoms with E-state index in [9.17, 15) is 4.79 Å². The number of rotatable bonds is 4. The van der Waals surface area contributed by atoms with E-state index < -0.39 is 6.04 Å². The zero-order valence-electron chi connectivity index (χ0n) is 12.5. The van der Waals surface area contributed by atoms with Gasteiger partial charge >= 0.3 is 0 Å². The largest absolute Gasteiger partial charge is 0.320 e. The summed E-state index contributed by atoms with van der Waals surface area (Å²) >= 11 is 0. The summed E-state index contributed by atoms with van der Waals surface area (Å²) in [6, 6.07) is 1.47. The van der Waals surface area contributed by atoms with Crippen molar-refractivity contribution in [2.45, 2.75) is 64.3 Å². The quantitative estimate of drug-likeness (QED) is 0.740. The summed E-state index contributed by atoms with van der Waals surface area (Å²) < 4.78 is 0. The molecule has 5 nitrogen and oxygen atoms in total. The molecule has 1 atom stereocenters. The number of amides is 1. The lowest BCUT2D eigenvalue weighted by molar-refractivity contribution is -0.118. The minimum Gasteiger partial charge on any atom is -0.320 e. The van der Waals surface area contributed by atoms with Gasteiger partial charge in [0.15, 0.2) is 5.82 Å². The number of H-pyrrole nitrogens is 1. The zero-order chi connectivity index (χ0) is 14.5. The number of aromatic nitrogens is 2. The van der Waals surface area contributed by atoms with Crippen LogP contribution < -0.4 is 11.1 Å². The molecule has 1 heterocycles. The van der Waals surface area contributed by atoms with Crippen molar-refractivity contribution in [2.24, 2.45) is 11.7 Å². The Kier molecular flexibility index (Phi) is 5.17. The number of aromatic amines is 1. The normalized spacial score (nSPS) is 18.8. The van der Waals surface area contributed by atoms with E-state index in [1.54, 1.807) is 0 Å². The Morgan fingerprint density at radius 3 is 2.60 bits per heavy atom. The molecule has 4 N–H and O–H groups in total. The average molecular weight is 278 g/mol. The maximum absolute atomic E-state index is 11.9. The van der Waals surface area contributed by atoms with Gasteiger partial charge in [0, 0.05) is 17.7 Å². The molecule has 0 bridgehead atoms. The third-order valence-corrected chi connectivity index (χ3v) is 4.16. The molecule has 1 aliphatic rings. The average Bonchev–Trinajstić information content (AvgIpc) is 2.71. The van der Waals surface area contributed by atoms with E-state index in [0.717, 1.165) is 5.69 Å². The number of anilines is 1. The summed E-state index contributed by atoms with van der Waals surface area (Å²) in [6.45, 7) is 3.87. The number of carbonyl (C=O) groups excluding carboxylic acids is 1. The van der Waals surface area contributed by atoms with Crippen LogP contribution in [0.15, 0.2) is 6.07 Å². The topological polar surface area (TPSA) is 83.8 Å². The van der Waals surface area contributed by atoms with Crippen molar-refractivity contribution in [1.82, 2.24) is 10.2 Å². The molecule has 1 fully saturated rings. The highest BCUT2D eigenvalue weighted by molar-refractivity contribution is 5.94. The monoisotopic (exact) mass is 278 g/mol. The predicted molar refractivity (Wildman–Crippen MR) is 80.5 cm³/mol. The molecule has 1 aliphatic carbocycles. The molecule has 5 heteroatoms. The lowest BCUT2D eigenvalue weighted by Gasteiger charge is -2.14. The standard InChI is InChI=1S/C15H26N4O/c1-10(2)14(16)15(20)17-13-9-12(18-19-13)11-7-5-3-4-6-8-11/h9-11,14H,3-8,16H2,1-2H3,(H2,17,18,19,20)/t14-/m0/s1. The summed E-state index contributed by atoms with van der Waals surface area (Å²) in [7, 11) is 0. The van der Waals surface area contributed by atoms with Gasteiger partial charge in [0.2, 0.25) is 5.91 Å². The Labute approximate surface area is 120 Å². The Hall–Kier alpha value is -1.36. The van der Waals surface area contributed by atoms with Gasteiger partial charge in [0.05, 0.1) is 6.04 Å². The Balaban J connectivity index is 1.96. The summed E-state index contributed by atoms with van der Waals surface area (Å²) in [6.07, 6.45) is 7.64. The Bertz CT molecular complexity index is 433. The van der Waals surface area contributed by atoms with Crippen molar-refractivity contribution >= 4 is 11.7 Å². The maximum Gasteiger partial charge on any atom is 0.242 e. The number of nitrogens with one attached hydrogen (secondary N) is 2. The first-order chi connectivity index (χ1) is 9.58. The van der Waals surface area contributed by atoms with E-state index in [-0.39, 0.29) is 11.8 Å². The fourth-order valence-corrected chi connectivity index (χ4v) is 2.71. The molecule has 1 aromatic heterocycles. The molecule has 2 rings (SSSR count). The van der Waals surface area contributed by atoms with Crippen molar-refractivity contribution in [2.75, 3.05) is 5.32 Å². The molecule has 0 aliphatic heterocycles. The first-order valence-electron chi connectivity index (χ1n) is 7.69. The fourth-order valence-electron chi connectivity index (χ4n) is 2.71. The van der Waals surface area contributed by atoms with Crippen molar-refractivity contribution in [1.29, 1.82) is 0 Å². The van der Waals surface area contributed by atoms with Gasteiger partial charge < -0.3 is 11.1 Å². The molecule has 0 aromatic carbocycles. The van der Waals surface area contributed by atoms with Gasteiger partial charge in [-0.15, -0.1) is 0 Å². The number of nitrogens with zero attached hydrogens (tertiary/aromatic N) is 1. The lowest BCUT2D eigenvalue weighted by atomic mass is 9.97. The van der Waals surface area contributed by atoms with Crippen LogP contribution in [0.4, 0.5) is 5.82 Å². The van der Waals surface area contributed by atoms with Crippen LogP contribution in [0.1, 0.15) is 64.0 Å². The van der Waals surface area contributed by atoms with Gasteiger partial charge in [-0.1, -0.05) is 39.5 Å². The molecule has 0 unspecified atom stereocenters. The second-order valence-corrected chi connectivity index (χ2v) is 6.16. The molecule has 112 valence electrons. The van der Waals surface area contributed by atoms with Crippen LogP contribution in [0.25, 0.3) is 0 Å². The highest BCUT2D eigenvalue weighted by Crippen LogP contribution is 2.31. The van der Waals surface area contributed by atoms with Crippen molar-refractivity contribution in [3.8, 4) is 0 Å². The van der Waals surface area contributed by atoms with Gasteiger partial charge in [0.25, 0.3) is 0 Å². The van der Waals surface area contributed by atoms with E-state index in [2.05, 4.69) is 15.5 Å². The Morgan fingerprint density at radius 1 is 1.35 bits per heavy atom. The Morgan fingerprint density at radius 2 is 2.00 bits per heavy atom. The maximum atomic E-state index is 11.9. The van der Waals surface area contributed by atoms with Crippen molar-refractivity contribution in [3.05, 3.63) is 11.8 Å². The van der Waals surface area contributed by atoms with Crippen LogP contribution in [-0.4, -0.2) is 22.1 Å². The molecule has 0 radical (unpaired) electrons. The smallest absolute Gasteiger partial charge is 0.242 e. The zero-order valence-corrected chi connectivity index (χ0v) is 12.5. The second kappa shape index (κ2) is 6.88. The number of nitrogens with two attached hydrogens (primary N) is 1. The third-order valence-electron chi connectivity index (χ3n) is 4.16. The predicted octanol–water partition coefficient (Wildman–Crippen LogP) is 2.77. The molecule has 0 spiro atoms. The van der Waals surface area contributed by atoms with Crippen molar-refractivity contribution < 1.29 is 4.79 Å². The fraction of sp³-hybridized carbons (Fsp3) is 0.733. The van der Waals surface area contributed by atoms with E-state index in [1.165, 1.54) is 38.5 Å². The number of carbonyl (C=O) groups is 1. The van der Waals surface area contributed by atoms with Gasteiger partial charge in [-0.25, -0.2) is 0 Å². The molecule has 0 saturated heterocycles. The van der Waals surface area contributed by atoms with Gasteiger partial charge in [-0.2, -0.15) is 5.10 Å². The van der Waals surface area contributed by atoms with Gasteiger partial charge in [-0.3, -0.25) is 9.89 Å². The van der Waals surface area contributed by atoms with Crippen LogP contribution in [0.2, 0.25) is 0 Å². The van der Waals surface area contributed by atoms with E-state index in [4.69, 9.17) is 5.73 Å². The third kappa shape index (κ3) is 3.82. The summed E-state index contributed by atoms with van der Waals surface area (Å²) in [5.41, 5.74) is 6.97. The summed E-state index contributed by atoms with van der Waals surface area (Å²) in [4.78, 5) is 11.9. The first kappa shape index (κ1) is 15.0. The van der Waals surface area contributed by atoms with Crippen LogP contribution in [0.5, 0.6) is 0 Å². The highest BCUT2D eigenvalue weighted by atomic mass is 16.2. The van der Waals surface area contributed by atoms with Crippen LogP contribution in [0, 0.1) is 5.92 Å². The van der Waals surface area contributed by atoms with Crippen LogP contribution >= 0.6 is 0 Å². The summed E-state index contributed by atoms with van der Waals surface area (Å²) in [5, 5.41) is 10.1. The van der Waals surface area contributed by atoms with Gasteiger partial charge in [-0.05, 0) is 18.8 Å².